The van der Waals surface area contributed by atoms with Crippen molar-refractivity contribution >= 4 is 46.4 Å². The number of nitrogens with one attached hydrogen (secondary N) is 6. The summed E-state index contributed by atoms with van der Waals surface area (Å²) in [5.74, 6) is -1.50. The van der Waals surface area contributed by atoms with E-state index in [0.717, 1.165) is 27.8 Å². The van der Waals surface area contributed by atoms with Crippen molar-refractivity contribution in [2.45, 2.75) is 78.2 Å². The fraction of sp³-hybridized carbons (Fsp3) is 0.390. The molecule has 0 aliphatic carbocycles. The molecule has 6 amide bonds. The lowest BCUT2D eigenvalue weighted by Gasteiger charge is -2.27. The second-order valence-electron chi connectivity index (χ2n) is 14.7. The average Bonchev–Trinajstić information content (AvgIpc) is 3.42. The number of anilines is 1. The van der Waals surface area contributed by atoms with Crippen LogP contribution in [0.5, 0.6) is 0 Å². The third kappa shape index (κ3) is 10.6. The number of carbonyl (C=O) groups is 5. The highest BCUT2D eigenvalue weighted by atomic mass is 19.1. The summed E-state index contributed by atoms with van der Waals surface area (Å²) in [6, 6.07) is 15.2. The number of urea groups is 1. The summed E-state index contributed by atoms with van der Waals surface area (Å²) in [5.41, 5.74) is 10.8. The number of ether oxygens (including phenoxy) is 1. The minimum absolute atomic E-state index is 0.00439. The summed E-state index contributed by atoms with van der Waals surface area (Å²) in [7, 11) is 1.64. The summed E-state index contributed by atoms with van der Waals surface area (Å²) < 4.78 is 19.8. The predicted octanol–water partition coefficient (Wildman–Crippen LogP) is 4.92. The van der Waals surface area contributed by atoms with Gasteiger partial charge < -0.3 is 46.9 Å². The van der Waals surface area contributed by atoms with Crippen LogP contribution in [0.1, 0.15) is 67.6 Å². The molecule has 3 aromatic carbocycles. The van der Waals surface area contributed by atoms with Crippen LogP contribution < -0.4 is 32.3 Å². The number of nitrogens with two attached hydrogens (primary N) is 1. The van der Waals surface area contributed by atoms with E-state index in [1.807, 2.05) is 52.0 Å². The van der Waals surface area contributed by atoms with Crippen molar-refractivity contribution in [3.8, 4) is 11.3 Å². The number of hydrogen-bond acceptors (Lipinski definition) is 7. The van der Waals surface area contributed by atoms with Crippen molar-refractivity contribution in [2.24, 2.45) is 11.7 Å². The minimum Gasteiger partial charge on any atom is -0.445 e. The molecule has 14 nitrogen and oxygen atoms in total. The first-order chi connectivity index (χ1) is 26.7. The topological polar surface area (TPSA) is 200 Å². The molecule has 5 rings (SSSR count). The van der Waals surface area contributed by atoms with Crippen LogP contribution in [0.2, 0.25) is 0 Å². The fourth-order valence-corrected chi connectivity index (χ4v) is 6.70. The Balaban J connectivity index is 1.15. The summed E-state index contributed by atoms with van der Waals surface area (Å²) in [6.07, 6.45) is 0.756. The molecule has 8 N–H and O–H groups in total. The molecule has 4 aromatic rings. The van der Waals surface area contributed by atoms with Gasteiger partial charge >= 0.3 is 12.1 Å². The second-order valence-corrected chi connectivity index (χ2v) is 14.7. The smallest absolute Gasteiger partial charge is 0.410 e. The number of nitrogens with zero attached hydrogens (tertiary/aromatic N) is 1. The average molecular weight is 771 g/mol. The van der Waals surface area contributed by atoms with Crippen LogP contribution in [-0.4, -0.2) is 78.0 Å². The number of primary amides is 1. The molecule has 1 aliphatic rings. The monoisotopic (exact) mass is 770 g/mol. The van der Waals surface area contributed by atoms with Gasteiger partial charge in [-0.3, -0.25) is 14.4 Å². The molecule has 15 heteroatoms. The Morgan fingerprint density at radius 2 is 1.66 bits per heavy atom. The minimum atomic E-state index is -0.867. The number of halogens is 1. The number of amides is 6. The van der Waals surface area contributed by atoms with Crippen LogP contribution in [0.3, 0.4) is 0 Å². The van der Waals surface area contributed by atoms with Gasteiger partial charge in [0.25, 0.3) is 5.91 Å². The summed E-state index contributed by atoms with van der Waals surface area (Å²) in [5, 5.41) is 15.0. The maximum Gasteiger partial charge on any atom is 0.410 e. The molecule has 0 radical (unpaired) electrons. The SMILES string of the molecule is CC(C)N[C@H](C(=O)N[C@@H](CCCNC(N)=O)C(=O)Nc1ccc(COC(=O)N(C)Cc2ccc(-c3[nH]c4cc(F)cc5c4c3CCNC5=O)cc2)cc1)C(C)C. The maximum atomic E-state index is 14.3. The highest BCUT2D eigenvalue weighted by Gasteiger charge is 2.28. The van der Waals surface area contributed by atoms with Gasteiger partial charge in [-0.05, 0) is 71.7 Å². The van der Waals surface area contributed by atoms with Gasteiger partial charge in [0.15, 0.2) is 0 Å². The van der Waals surface area contributed by atoms with Crippen molar-refractivity contribution in [2.75, 3.05) is 25.5 Å². The van der Waals surface area contributed by atoms with Crippen LogP contribution in [0.4, 0.5) is 19.7 Å². The lowest BCUT2D eigenvalue weighted by atomic mass is 9.99. The Hall–Kier alpha value is -5.96. The Labute approximate surface area is 325 Å². The molecular formula is C41H51FN8O6. The van der Waals surface area contributed by atoms with E-state index in [0.29, 0.717) is 48.3 Å². The maximum absolute atomic E-state index is 14.3. The Kier molecular flexibility index (Phi) is 13.7. The zero-order chi connectivity index (χ0) is 40.5. The number of aromatic nitrogens is 1. The van der Waals surface area contributed by atoms with E-state index >= 15 is 0 Å². The van der Waals surface area contributed by atoms with Crippen LogP contribution in [0.25, 0.3) is 22.2 Å². The van der Waals surface area contributed by atoms with Crippen LogP contribution in [0, 0.1) is 11.7 Å². The third-order valence-corrected chi connectivity index (χ3v) is 9.49. The molecular weight excluding hydrogens is 719 g/mol. The lowest BCUT2D eigenvalue weighted by molar-refractivity contribution is -0.129. The highest BCUT2D eigenvalue weighted by Crippen LogP contribution is 2.35. The van der Waals surface area contributed by atoms with E-state index < -0.39 is 35.9 Å². The highest BCUT2D eigenvalue weighted by molar-refractivity contribution is 6.10. The molecule has 2 atom stereocenters. The third-order valence-electron chi connectivity index (χ3n) is 9.49. The van der Waals surface area contributed by atoms with Gasteiger partial charge in [0.05, 0.1) is 11.6 Å². The predicted molar refractivity (Wildman–Crippen MR) is 212 cm³/mol. The number of H-pyrrole nitrogens is 1. The fourth-order valence-electron chi connectivity index (χ4n) is 6.70. The standard InChI is InChI=1S/C41H51FN8O6/c1-23(2)35(46-24(3)4)39(53)49-32(7-6-17-45-40(43)54)38(52)47-29-14-10-26(11-15-29)22-56-41(55)50(5)21-25-8-12-27(13-9-25)36-30-16-18-44-37(51)31-19-28(42)20-33(48-36)34(30)31/h8-15,19-20,23-24,32,35,46,48H,6-7,16-18,21-22H2,1-5H3,(H,44,51)(H,47,52)(H,49,53)(H3,43,45,54)/t32-,35-/m0/s1. The first-order valence-electron chi connectivity index (χ1n) is 18.8. The summed E-state index contributed by atoms with van der Waals surface area (Å²) in [6.45, 7) is 8.73. The normalized spacial score (nSPS) is 13.5. The zero-order valence-electron chi connectivity index (χ0n) is 32.4. The summed E-state index contributed by atoms with van der Waals surface area (Å²) >= 11 is 0. The lowest BCUT2D eigenvalue weighted by Crippen LogP contribution is -2.54. The molecule has 0 unspecified atom stereocenters. The second kappa shape index (κ2) is 18.6. The first-order valence-corrected chi connectivity index (χ1v) is 18.8. The molecule has 1 aromatic heterocycles. The van der Waals surface area contributed by atoms with Gasteiger partial charge in [-0.15, -0.1) is 0 Å². The van der Waals surface area contributed by atoms with Crippen molar-refractivity contribution in [1.29, 1.82) is 0 Å². The first kappa shape index (κ1) is 41.2. The van der Waals surface area contributed by atoms with E-state index in [1.165, 1.54) is 17.0 Å². The Bertz CT molecular complexity index is 2050. The van der Waals surface area contributed by atoms with Crippen LogP contribution in [-0.2, 0) is 33.9 Å². The Morgan fingerprint density at radius 3 is 2.32 bits per heavy atom. The van der Waals surface area contributed by atoms with Crippen molar-refractivity contribution in [1.82, 2.24) is 31.2 Å². The van der Waals surface area contributed by atoms with E-state index in [9.17, 15) is 28.4 Å². The molecule has 56 heavy (non-hydrogen) atoms. The zero-order valence-corrected chi connectivity index (χ0v) is 32.4. The molecule has 0 saturated carbocycles. The number of carbonyl (C=O) groups excluding carboxylic acids is 5. The van der Waals surface area contributed by atoms with Crippen LogP contribution >= 0.6 is 0 Å². The molecule has 0 spiro atoms. The molecule has 2 heterocycles. The van der Waals surface area contributed by atoms with Gasteiger partial charge in [-0.2, -0.15) is 0 Å². The molecule has 0 saturated heterocycles. The number of benzene rings is 3. The molecule has 0 fully saturated rings. The van der Waals surface area contributed by atoms with E-state index in [-0.39, 0.29) is 43.3 Å². The number of aromatic amines is 1. The van der Waals surface area contributed by atoms with Gasteiger partial charge in [0, 0.05) is 55.0 Å². The van der Waals surface area contributed by atoms with Gasteiger partial charge in [-0.25, -0.2) is 14.0 Å². The largest absolute Gasteiger partial charge is 0.445 e. The van der Waals surface area contributed by atoms with E-state index in [4.69, 9.17) is 10.5 Å². The van der Waals surface area contributed by atoms with E-state index in [2.05, 4.69) is 31.6 Å². The van der Waals surface area contributed by atoms with Crippen LogP contribution in [0.15, 0.2) is 60.7 Å². The molecule has 298 valence electrons. The Morgan fingerprint density at radius 1 is 0.964 bits per heavy atom. The van der Waals surface area contributed by atoms with Gasteiger partial charge in [-0.1, -0.05) is 64.1 Å². The van der Waals surface area contributed by atoms with Crippen molar-refractivity contribution < 1.29 is 33.1 Å². The number of hydrogen-bond donors (Lipinski definition) is 7. The van der Waals surface area contributed by atoms with Crippen molar-refractivity contribution in [3.05, 3.63) is 88.7 Å². The quantitative estimate of drug-likeness (QED) is 0.0784. The van der Waals surface area contributed by atoms with E-state index in [1.54, 1.807) is 31.3 Å². The molecule has 1 aliphatic heterocycles. The summed E-state index contributed by atoms with van der Waals surface area (Å²) in [4.78, 5) is 67.9. The van der Waals surface area contributed by atoms with Gasteiger partial charge in [0.1, 0.15) is 18.5 Å². The number of rotatable bonds is 16. The van der Waals surface area contributed by atoms with Crippen molar-refractivity contribution in [3.63, 3.8) is 0 Å². The van der Waals surface area contributed by atoms with Gasteiger partial charge in [0.2, 0.25) is 11.8 Å². The molecule has 0 bridgehead atoms.